The third-order valence-electron chi connectivity index (χ3n) is 5.02. The number of ether oxygens (including phenoxy) is 3. The molecule has 184 valence electrons. The summed E-state index contributed by atoms with van der Waals surface area (Å²) in [6.07, 6.45) is 3.83. The van der Waals surface area contributed by atoms with Crippen LogP contribution in [0, 0.1) is 6.92 Å². The third kappa shape index (κ3) is 6.54. The second kappa shape index (κ2) is 11.4. The average molecular weight is 497 g/mol. The van der Waals surface area contributed by atoms with E-state index in [-0.39, 0.29) is 11.5 Å². The molecule has 0 aromatic heterocycles. The van der Waals surface area contributed by atoms with Gasteiger partial charge in [-0.1, -0.05) is 36.4 Å². The zero-order valence-electron chi connectivity index (χ0n) is 20.0. The molecule has 0 radical (unpaired) electrons. The van der Waals surface area contributed by atoms with Gasteiger partial charge in [0.1, 0.15) is 5.75 Å². The number of nitrogens with one attached hydrogen (secondary N) is 2. The van der Waals surface area contributed by atoms with Crippen LogP contribution in [-0.2, 0) is 14.8 Å². The molecule has 0 heterocycles. The lowest BCUT2D eigenvalue weighted by molar-refractivity contribution is -0.118. The number of carbonyl (C=O) groups is 1. The number of carbonyl (C=O) groups excluding carboxylic acids is 1. The minimum Gasteiger partial charge on any atom is -0.495 e. The minimum atomic E-state index is -3.94. The van der Waals surface area contributed by atoms with Crippen molar-refractivity contribution in [2.75, 3.05) is 30.9 Å². The van der Waals surface area contributed by atoms with E-state index >= 15 is 0 Å². The SMILES string of the molecule is C/C=C/c1ccc(OCC(=O)Nc2ccc(C)c(S(=O)(=O)Nc3ccccc3OC)c2)c(OC)c1. The molecular weight excluding hydrogens is 468 g/mol. The summed E-state index contributed by atoms with van der Waals surface area (Å²) in [6.45, 7) is 3.31. The van der Waals surface area contributed by atoms with E-state index in [0.29, 0.717) is 34.2 Å². The van der Waals surface area contributed by atoms with Crippen molar-refractivity contribution in [1.82, 2.24) is 0 Å². The molecule has 3 rings (SSSR count). The molecule has 0 saturated heterocycles. The van der Waals surface area contributed by atoms with Gasteiger partial charge in [0.2, 0.25) is 0 Å². The topological polar surface area (TPSA) is 103 Å². The van der Waals surface area contributed by atoms with Crippen molar-refractivity contribution in [3.8, 4) is 17.2 Å². The molecule has 0 spiro atoms. The maximum Gasteiger partial charge on any atom is 0.262 e. The third-order valence-corrected chi connectivity index (χ3v) is 6.53. The number of benzene rings is 3. The number of para-hydroxylation sites is 2. The smallest absolute Gasteiger partial charge is 0.262 e. The Morgan fingerprint density at radius 2 is 1.69 bits per heavy atom. The number of hydrogen-bond donors (Lipinski definition) is 2. The first kappa shape index (κ1) is 25.6. The largest absolute Gasteiger partial charge is 0.495 e. The lowest BCUT2D eigenvalue weighted by Crippen LogP contribution is -2.21. The van der Waals surface area contributed by atoms with Crippen LogP contribution in [0.1, 0.15) is 18.1 Å². The van der Waals surface area contributed by atoms with E-state index in [1.807, 2.05) is 25.1 Å². The average Bonchev–Trinajstić information content (AvgIpc) is 2.84. The van der Waals surface area contributed by atoms with Crippen LogP contribution in [-0.4, -0.2) is 35.2 Å². The van der Waals surface area contributed by atoms with Crippen molar-refractivity contribution < 1.29 is 27.4 Å². The Bertz CT molecular complexity index is 1340. The Morgan fingerprint density at radius 3 is 2.40 bits per heavy atom. The van der Waals surface area contributed by atoms with Crippen LogP contribution in [0.3, 0.4) is 0 Å². The minimum absolute atomic E-state index is 0.0309. The van der Waals surface area contributed by atoms with Gasteiger partial charge in [-0.25, -0.2) is 8.42 Å². The summed E-state index contributed by atoms with van der Waals surface area (Å²) in [7, 11) is -0.959. The molecule has 0 bridgehead atoms. The summed E-state index contributed by atoms with van der Waals surface area (Å²) < 4.78 is 44.8. The molecule has 0 unspecified atom stereocenters. The van der Waals surface area contributed by atoms with E-state index in [2.05, 4.69) is 10.0 Å². The summed E-state index contributed by atoms with van der Waals surface area (Å²) in [5.74, 6) is 0.864. The fourth-order valence-corrected chi connectivity index (χ4v) is 4.68. The van der Waals surface area contributed by atoms with Crippen LogP contribution in [0.25, 0.3) is 6.08 Å². The molecule has 0 aliphatic carbocycles. The van der Waals surface area contributed by atoms with Gasteiger partial charge in [0, 0.05) is 5.69 Å². The van der Waals surface area contributed by atoms with E-state index in [1.165, 1.54) is 20.3 Å². The van der Waals surface area contributed by atoms with Crippen molar-refractivity contribution in [3.05, 3.63) is 77.9 Å². The van der Waals surface area contributed by atoms with Crippen molar-refractivity contribution in [2.45, 2.75) is 18.7 Å². The maximum atomic E-state index is 13.1. The predicted molar refractivity (Wildman–Crippen MR) is 137 cm³/mol. The highest BCUT2D eigenvalue weighted by Crippen LogP contribution is 2.30. The van der Waals surface area contributed by atoms with Crippen molar-refractivity contribution in [2.24, 2.45) is 0 Å². The van der Waals surface area contributed by atoms with E-state index < -0.39 is 15.9 Å². The molecule has 3 aromatic rings. The summed E-state index contributed by atoms with van der Waals surface area (Å²) in [5, 5.41) is 2.67. The molecule has 8 nitrogen and oxygen atoms in total. The first-order valence-corrected chi connectivity index (χ1v) is 12.3. The van der Waals surface area contributed by atoms with Gasteiger partial charge in [-0.15, -0.1) is 0 Å². The number of aryl methyl sites for hydroxylation is 1. The van der Waals surface area contributed by atoms with Crippen LogP contribution in [0.2, 0.25) is 0 Å². The molecule has 3 aromatic carbocycles. The van der Waals surface area contributed by atoms with Crippen molar-refractivity contribution in [1.29, 1.82) is 0 Å². The lowest BCUT2D eigenvalue weighted by Gasteiger charge is -2.15. The Balaban J connectivity index is 1.72. The van der Waals surface area contributed by atoms with E-state index in [4.69, 9.17) is 14.2 Å². The highest BCUT2D eigenvalue weighted by Gasteiger charge is 2.20. The summed E-state index contributed by atoms with van der Waals surface area (Å²) in [5.41, 5.74) is 2.09. The zero-order valence-corrected chi connectivity index (χ0v) is 20.8. The van der Waals surface area contributed by atoms with Gasteiger partial charge in [-0.2, -0.15) is 0 Å². The first-order chi connectivity index (χ1) is 16.8. The number of hydrogen-bond acceptors (Lipinski definition) is 6. The van der Waals surface area contributed by atoms with Crippen LogP contribution in [0.15, 0.2) is 71.6 Å². The molecule has 9 heteroatoms. The molecule has 1 amide bonds. The number of anilines is 2. The van der Waals surface area contributed by atoms with Crippen molar-refractivity contribution >= 4 is 33.4 Å². The Kier molecular flexibility index (Phi) is 8.38. The van der Waals surface area contributed by atoms with Crippen LogP contribution >= 0.6 is 0 Å². The lowest BCUT2D eigenvalue weighted by atomic mass is 10.2. The van der Waals surface area contributed by atoms with E-state index in [9.17, 15) is 13.2 Å². The fourth-order valence-electron chi connectivity index (χ4n) is 3.34. The Morgan fingerprint density at radius 1 is 0.943 bits per heavy atom. The van der Waals surface area contributed by atoms with Gasteiger partial charge in [0.15, 0.2) is 18.1 Å². The molecule has 2 N–H and O–H groups in total. The Labute approximate surface area is 205 Å². The number of rotatable bonds is 10. The van der Waals surface area contributed by atoms with Gasteiger partial charge in [0.25, 0.3) is 15.9 Å². The number of sulfonamides is 1. The molecule has 35 heavy (non-hydrogen) atoms. The zero-order chi connectivity index (χ0) is 25.4. The van der Waals surface area contributed by atoms with Gasteiger partial charge < -0.3 is 19.5 Å². The Hall–Kier alpha value is -3.98. The first-order valence-electron chi connectivity index (χ1n) is 10.8. The molecule has 0 aliphatic rings. The van der Waals surface area contributed by atoms with E-state index in [0.717, 1.165) is 5.56 Å². The highest BCUT2D eigenvalue weighted by molar-refractivity contribution is 7.92. The number of methoxy groups -OCH3 is 2. The van der Waals surface area contributed by atoms with Crippen LogP contribution in [0.4, 0.5) is 11.4 Å². The molecule has 0 fully saturated rings. The molecule has 0 atom stereocenters. The summed E-state index contributed by atoms with van der Waals surface area (Å²) in [6, 6.07) is 16.7. The maximum absolute atomic E-state index is 13.1. The summed E-state index contributed by atoms with van der Waals surface area (Å²) in [4.78, 5) is 12.5. The highest BCUT2D eigenvalue weighted by atomic mass is 32.2. The van der Waals surface area contributed by atoms with Gasteiger partial charge in [-0.05, 0) is 61.4 Å². The summed E-state index contributed by atoms with van der Waals surface area (Å²) >= 11 is 0. The predicted octanol–water partition coefficient (Wildman–Crippen LogP) is 4.86. The van der Waals surface area contributed by atoms with Gasteiger partial charge >= 0.3 is 0 Å². The fraction of sp³-hybridized carbons (Fsp3) is 0.192. The van der Waals surface area contributed by atoms with Gasteiger partial charge in [-0.3, -0.25) is 9.52 Å². The quantitative estimate of drug-likeness (QED) is 0.415. The standard InChI is InChI=1S/C26H28N2O6S/c1-5-8-19-12-14-23(24(15-19)33-4)34-17-26(29)27-20-13-11-18(2)25(16-20)35(30,31)28-21-9-6-7-10-22(21)32-3/h5-16,28H,17H2,1-4H3,(H,27,29)/b8-5+. The number of amides is 1. The monoisotopic (exact) mass is 496 g/mol. The van der Waals surface area contributed by atoms with E-state index in [1.54, 1.807) is 55.5 Å². The molecule has 0 aliphatic heterocycles. The second-order valence-electron chi connectivity index (χ2n) is 7.53. The van der Waals surface area contributed by atoms with Crippen LogP contribution < -0.4 is 24.2 Å². The van der Waals surface area contributed by atoms with Crippen LogP contribution in [0.5, 0.6) is 17.2 Å². The molecule has 0 saturated carbocycles. The normalized spacial score (nSPS) is 11.2. The molecular formula is C26H28N2O6S. The number of allylic oxidation sites excluding steroid dienone is 1. The second-order valence-corrected chi connectivity index (χ2v) is 9.18. The van der Waals surface area contributed by atoms with Crippen molar-refractivity contribution in [3.63, 3.8) is 0 Å². The van der Waals surface area contributed by atoms with Gasteiger partial charge in [0.05, 0.1) is 24.8 Å².